The molecule has 14 heavy (non-hydrogen) atoms. The first kappa shape index (κ1) is 13.6. The fourth-order valence-corrected chi connectivity index (χ4v) is 2.48. The maximum atomic E-state index is 11.8. The Balaban J connectivity index is 4.35. The highest BCUT2D eigenvalue weighted by Crippen LogP contribution is 2.47. The van der Waals surface area contributed by atoms with Crippen LogP contribution in [-0.2, 0) is 18.4 Å². The molecule has 5 heteroatoms. The maximum Gasteiger partial charge on any atom is 0.338 e. The van der Waals surface area contributed by atoms with E-state index in [1.165, 1.54) is 6.08 Å². The number of carbonyl (C=O) groups excluding carboxylic acids is 1. The third-order valence-corrected chi connectivity index (χ3v) is 3.36. The highest BCUT2D eigenvalue weighted by atomic mass is 31.2. The monoisotopic (exact) mass is 220 g/mol. The number of ketones is 1. The SMILES string of the molecule is CC=CC(=O)CP(=O)(OCC)OCC. The molecule has 0 aromatic rings. The second kappa shape index (κ2) is 6.93. The van der Waals surface area contributed by atoms with Gasteiger partial charge in [-0.25, -0.2) is 0 Å². The Morgan fingerprint density at radius 1 is 1.29 bits per heavy atom. The van der Waals surface area contributed by atoms with Crippen LogP contribution in [0.4, 0.5) is 0 Å². The lowest BCUT2D eigenvalue weighted by Gasteiger charge is -2.14. The van der Waals surface area contributed by atoms with Crippen LogP contribution in [0.3, 0.4) is 0 Å². The maximum absolute atomic E-state index is 11.8. The van der Waals surface area contributed by atoms with Crippen LogP contribution in [0.15, 0.2) is 12.2 Å². The Labute approximate surface area is 84.8 Å². The largest absolute Gasteiger partial charge is 0.338 e. The van der Waals surface area contributed by atoms with Crippen molar-refractivity contribution >= 4 is 13.4 Å². The molecule has 0 radical (unpaired) electrons. The Morgan fingerprint density at radius 2 is 1.79 bits per heavy atom. The van der Waals surface area contributed by atoms with E-state index in [1.807, 2.05) is 0 Å². The van der Waals surface area contributed by atoms with Gasteiger partial charge in [-0.2, -0.15) is 0 Å². The van der Waals surface area contributed by atoms with Gasteiger partial charge in [0.2, 0.25) is 0 Å². The van der Waals surface area contributed by atoms with E-state index in [1.54, 1.807) is 26.8 Å². The second-order valence-corrected chi connectivity index (χ2v) is 4.63. The zero-order chi connectivity index (χ0) is 11.0. The van der Waals surface area contributed by atoms with E-state index in [2.05, 4.69) is 0 Å². The number of rotatable bonds is 7. The van der Waals surface area contributed by atoms with Gasteiger partial charge in [-0.05, 0) is 26.8 Å². The molecule has 0 aromatic heterocycles. The van der Waals surface area contributed by atoms with Gasteiger partial charge in [-0.15, -0.1) is 0 Å². The third kappa shape index (κ3) is 5.32. The van der Waals surface area contributed by atoms with E-state index in [-0.39, 0.29) is 25.2 Å². The van der Waals surface area contributed by atoms with Crippen molar-refractivity contribution in [3.05, 3.63) is 12.2 Å². The number of hydrogen-bond donors (Lipinski definition) is 0. The van der Waals surface area contributed by atoms with Crippen LogP contribution in [0.25, 0.3) is 0 Å². The molecule has 0 aliphatic heterocycles. The van der Waals surface area contributed by atoms with Crippen LogP contribution in [0.1, 0.15) is 20.8 Å². The molecule has 4 nitrogen and oxygen atoms in total. The average Bonchev–Trinajstić information content (AvgIpc) is 2.04. The lowest BCUT2D eigenvalue weighted by molar-refractivity contribution is -0.112. The standard InChI is InChI=1S/C9H17O4P/c1-4-7-9(10)8-14(11,12-5-2)13-6-3/h4,7H,5-6,8H2,1-3H3. The first-order valence-electron chi connectivity index (χ1n) is 4.61. The van der Waals surface area contributed by atoms with E-state index >= 15 is 0 Å². The van der Waals surface area contributed by atoms with Crippen LogP contribution in [0.2, 0.25) is 0 Å². The molecule has 0 atom stereocenters. The molecule has 0 aliphatic carbocycles. The Hall–Kier alpha value is -0.440. The molecular weight excluding hydrogens is 203 g/mol. The summed E-state index contributed by atoms with van der Waals surface area (Å²) in [4.78, 5) is 11.2. The number of hydrogen-bond acceptors (Lipinski definition) is 4. The van der Waals surface area contributed by atoms with Gasteiger partial charge in [0.1, 0.15) is 6.16 Å². The van der Waals surface area contributed by atoms with Gasteiger partial charge < -0.3 is 9.05 Å². The van der Waals surface area contributed by atoms with Gasteiger partial charge in [-0.3, -0.25) is 9.36 Å². The summed E-state index contributed by atoms with van der Waals surface area (Å²) in [5.41, 5.74) is 0. The van der Waals surface area contributed by atoms with E-state index < -0.39 is 7.60 Å². The first-order valence-corrected chi connectivity index (χ1v) is 6.34. The summed E-state index contributed by atoms with van der Waals surface area (Å²) in [7, 11) is -3.21. The molecule has 0 amide bonds. The van der Waals surface area contributed by atoms with Gasteiger partial charge in [0.15, 0.2) is 5.78 Å². The molecule has 0 rings (SSSR count). The summed E-state index contributed by atoms with van der Waals surface area (Å²) in [5.74, 6) is -0.238. The fourth-order valence-electron chi connectivity index (χ4n) is 0.951. The Bertz CT molecular complexity index is 237. The minimum atomic E-state index is -3.21. The summed E-state index contributed by atoms with van der Waals surface area (Å²) < 4.78 is 21.7. The Kier molecular flexibility index (Phi) is 6.71. The molecule has 0 bridgehead atoms. The summed E-state index contributed by atoms with van der Waals surface area (Å²) in [6.45, 7) is 5.71. The zero-order valence-corrected chi connectivity index (χ0v) is 9.75. The third-order valence-electron chi connectivity index (χ3n) is 1.35. The van der Waals surface area contributed by atoms with E-state index in [0.29, 0.717) is 0 Å². The van der Waals surface area contributed by atoms with Crippen molar-refractivity contribution in [2.45, 2.75) is 20.8 Å². The topological polar surface area (TPSA) is 52.6 Å². The molecule has 82 valence electrons. The molecule has 0 N–H and O–H groups in total. The van der Waals surface area contributed by atoms with Crippen LogP contribution in [-0.4, -0.2) is 25.2 Å². The predicted molar refractivity (Wildman–Crippen MR) is 55.5 cm³/mol. The highest BCUT2D eigenvalue weighted by Gasteiger charge is 2.25. The lowest BCUT2D eigenvalue weighted by Crippen LogP contribution is -2.07. The summed E-state index contributed by atoms with van der Waals surface area (Å²) in [5, 5.41) is 0. The van der Waals surface area contributed by atoms with E-state index in [9.17, 15) is 9.36 Å². The summed E-state index contributed by atoms with van der Waals surface area (Å²) in [6, 6.07) is 0. The van der Waals surface area contributed by atoms with Crippen LogP contribution < -0.4 is 0 Å². The van der Waals surface area contributed by atoms with Crippen LogP contribution >= 0.6 is 7.60 Å². The molecule has 0 aliphatic rings. The minimum Gasteiger partial charge on any atom is -0.309 e. The van der Waals surface area contributed by atoms with Crippen molar-refractivity contribution in [3.63, 3.8) is 0 Å². The molecule has 0 aromatic carbocycles. The van der Waals surface area contributed by atoms with Crippen molar-refractivity contribution in [2.75, 3.05) is 19.4 Å². The predicted octanol–water partition coefficient (Wildman–Crippen LogP) is 2.40. The van der Waals surface area contributed by atoms with Gasteiger partial charge in [-0.1, -0.05) is 6.08 Å². The molecule has 0 unspecified atom stereocenters. The van der Waals surface area contributed by atoms with Crippen molar-refractivity contribution in [1.29, 1.82) is 0 Å². The lowest BCUT2D eigenvalue weighted by atomic mass is 10.4. The molecule has 0 heterocycles. The molecule has 0 saturated heterocycles. The Morgan fingerprint density at radius 3 is 2.14 bits per heavy atom. The van der Waals surface area contributed by atoms with Crippen molar-refractivity contribution in [1.82, 2.24) is 0 Å². The summed E-state index contributed by atoms with van der Waals surface area (Å²) in [6.07, 6.45) is 2.79. The molecule has 0 spiro atoms. The number of carbonyl (C=O) groups is 1. The second-order valence-electron chi connectivity index (χ2n) is 2.57. The van der Waals surface area contributed by atoms with Crippen LogP contribution in [0, 0.1) is 0 Å². The van der Waals surface area contributed by atoms with Gasteiger partial charge in [0.25, 0.3) is 0 Å². The highest BCUT2D eigenvalue weighted by molar-refractivity contribution is 7.54. The minimum absolute atomic E-state index is 0.182. The van der Waals surface area contributed by atoms with Gasteiger partial charge in [0.05, 0.1) is 13.2 Å². The quantitative estimate of drug-likeness (QED) is 0.488. The van der Waals surface area contributed by atoms with Gasteiger partial charge in [0, 0.05) is 0 Å². The smallest absolute Gasteiger partial charge is 0.309 e. The number of allylic oxidation sites excluding steroid dienone is 2. The van der Waals surface area contributed by atoms with Crippen molar-refractivity contribution in [3.8, 4) is 0 Å². The normalized spacial score (nSPS) is 12.2. The van der Waals surface area contributed by atoms with Gasteiger partial charge >= 0.3 is 7.60 Å². The average molecular weight is 220 g/mol. The van der Waals surface area contributed by atoms with E-state index in [4.69, 9.17) is 9.05 Å². The first-order chi connectivity index (χ1) is 6.58. The van der Waals surface area contributed by atoms with Crippen molar-refractivity contribution < 1.29 is 18.4 Å². The molecule has 0 saturated carbocycles. The summed E-state index contributed by atoms with van der Waals surface area (Å²) >= 11 is 0. The fraction of sp³-hybridized carbons (Fsp3) is 0.667. The molecule has 0 fully saturated rings. The molecular formula is C9H17O4P. The zero-order valence-electron chi connectivity index (χ0n) is 8.86. The van der Waals surface area contributed by atoms with E-state index in [0.717, 1.165) is 0 Å². The van der Waals surface area contributed by atoms with Crippen molar-refractivity contribution in [2.24, 2.45) is 0 Å². The van der Waals surface area contributed by atoms with Crippen LogP contribution in [0.5, 0.6) is 0 Å².